The van der Waals surface area contributed by atoms with Crippen molar-refractivity contribution >= 4 is 64.8 Å². The minimum absolute atomic E-state index is 0. The van der Waals surface area contributed by atoms with Crippen LogP contribution >= 0.6 is 0 Å². The van der Waals surface area contributed by atoms with Crippen molar-refractivity contribution in [3.63, 3.8) is 0 Å². The fourth-order valence-electron chi connectivity index (χ4n) is 6.93. The lowest BCUT2D eigenvalue weighted by Gasteiger charge is -2.34. The summed E-state index contributed by atoms with van der Waals surface area (Å²) in [5.74, 6) is 4.31. The van der Waals surface area contributed by atoms with Gasteiger partial charge in [-0.25, -0.2) is 18.4 Å². The van der Waals surface area contributed by atoms with E-state index in [0.717, 1.165) is 46.7 Å². The van der Waals surface area contributed by atoms with Crippen LogP contribution in [0.1, 0.15) is 39.8 Å². The van der Waals surface area contributed by atoms with Crippen LogP contribution in [0.2, 0.25) is 0 Å². The average Bonchev–Trinajstić information content (AvgIpc) is 3.75. The molecule has 0 aliphatic carbocycles. The molecule has 59 heavy (non-hydrogen) atoms. The second-order valence-electron chi connectivity index (χ2n) is 14.8. The van der Waals surface area contributed by atoms with Crippen LogP contribution in [0.5, 0.6) is 0 Å². The van der Waals surface area contributed by atoms with Crippen LogP contribution in [-0.4, -0.2) is 129 Å². The molecule has 8 rings (SSSR count). The van der Waals surface area contributed by atoms with Gasteiger partial charge in [0.2, 0.25) is 11.9 Å². The number of fused-ring (bicyclic) bond motifs is 2. The van der Waals surface area contributed by atoms with E-state index >= 15 is 0 Å². The van der Waals surface area contributed by atoms with Gasteiger partial charge in [0.15, 0.2) is 11.6 Å². The van der Waals surface area contributed by atoms with Crippen molar-refractivity contribution in [3.8, 4) is 11.9 Å². The van der Waals surface area contributed by atoms with Gasteiger partial charge in [0, 0.05) is 76.1 Å². The molecule has 0 spiro atoms. The van der Waals surface area contributed by atoms with E-state index in [0.29, 0.717) is 68.1 Å². The molecule has 0 amide bonds. The maximum Gasteiger partial charge on any atom is 0.239 e. The minimum atomic E-state index is -2.41. The molecule has 2 aromatic carbocycles. The first kappa shape index (κ1) is 43.5. The van der Waals surface area contributed by atoms with E-state index in [-0.39, 0.29) is 26.1 Å². The van der Waals surface area contributed by atoms with E-state index in [1.165, 1.54) is 0 Å². The number of hydrogen-bond acceptors (Lipinski definition) is 15. The number of para-hydroxylation sites is 4. The maximum atomic E-state index is 12.4. The number of ether oxygens (including phenoxy) is 2. The molecule has 6 heterocycles. The minimum Gasteiger partial charge on any atom is -0.388 e. The predicted octanol–water partition coefficient (Wildman–Crippen LogP) is 5.49. The van der Waals surface area contributed by atoms with Crippen molar-refractivity contribution in [2.45, 2.75) is 53.3 Å². The number of anilines is 2. The number of aryl methyl sites for hydroxylation is 1. The number of hydrogen-bond donors (Lipinski definition) is 1. The van der Waals surface area contributed by atoms with Crippen LogP contribution in [0.4, 0.5) is 23.3 Å². The zero-order chi connectivity index (χ0) is 41.2. The third-order valence-electron chi connectivity index (χ3n) is 9.44. The molecule has 19 heteroatoms. The molecular weight excluding hydrogens is 793 g/mol. The van der Waals surface area contributed by atoms with E-state index in [4.69, 9.17) is 24.4 Å². The topological polar surface area (TPSA) is 191 Å². The molecule has 2 aliphatic rings. The van der Waals surface area contributed by atoms with Gasteiger partial charge in [0.05, 0.1) is 60.6 Å². The normalized spacial score (nSPS) is 17.4. The molecule has 0 radical (unpaired) electrons. The lowest BCUT2D eigenvalue weighted by Crippen LogP contribution is -2.44. The Bertz CT molecular complexity index is 2500. The molecule has 316 valence electrons. The Morgan fingerprint density at radius 1 is 0.678 bits per heavy atom. The fourth-order valence-corrected chi connectivity index (χ4v) is 8.02. The second-order valence-corrected chi connectivity index (χ2v) is 19.9. The lowest BCUT2D eigenvalue weighted by atomic mass is 10.2. The Morgan fingerprint density at radius 3 is 1.51 bits per heavy atom. The van der Waals surface area contributed by atoms with Gasteiger partial charge in [-0.15, -0.1) is 0 Å². The Balaban J connectivity index is 0.000000195. The van der Waals surface area contributed by atoms with Gasteiger partial charge in [0.1, 0.15) is 29.9 Å². The standard InChI is InChI=1S/C20H26N6O2S.C19H24N6O3S.CH4/c1-5-18-21-15-8-6-7-9-16(15)26(18)20-22-17(24-29(3,4)27)12-19(23-20)25-10-11-28-13-14(25)2;1-13-12-28-9-8-24(13)17-10-16(23-29(2,3)27)21-19(22-17)25-15-7-5-4-6-14(15)20-18(25)11-26;/h6-9,12,14H,5,10-11,13H2,1-4H3;4-7,10,13,26H,8-9,11-12H2,1-3H3;1H4/t14-;13-;/m11./s1. The molecule has 1 N–H and O–H groups in total. The molecule has 2 saturated heterocycles. The van der Waals surface area contributed by atoms with Crippen LogP contribution in [0.15, 0.2) is 69.4 Å². The van der Waals surface area contributed by atoms with Crippen LogP contribution in [0, 0.1) is 0 Å². The summed E-state index contributed by atoms with van der Waals surface area (Å²) in [6, 6.07) is 19.3. The Labute approximate surface area is 346 Å². The second kappa shape index (κ2) is 18.0. The molecule has 4 aromatic heterocycles. The largest absolute Gasteiger partial charge is 0.388 e. The number of rotatable bonds is 8. The molecule has 6 aromatic rings. The highest BCUT2D eigenvalue weighted by Crippen LogP contribution is 2.29. The lowest BCUT2D eigenvalue weighted by molar-refractivity contribution is 0.0985. The van der Waals surface area contributed by atoms with Crippen molar-refractivity contribution in [3.05, 3.63) is 72.3 Å². The van der Waals surface area contributed by atoms with Crippen molar-refractivity contribution in [2.75, 3.05) is 74.3 Å². The number of nitrogens with zero attached hydrogens (tertiary/aromatic N) is 12. The van der Waals surface area contributed by atoms with Crippen molar-refractivity contribution in [1.29, 1.82) is 0 Å². The molecular formula is C40H54N12O5S2. The van der Waals surface area contributed by atoms with Crippen LogP contribution in [0.3, 0.4) is 0 Å². The van der Waals surface area contributed by atoms with Crippen molar-refractivity contribution < 1.29 is 23.0 Å². The molecule has 0 unspecified atom stereocenters. The maximum absolute atomic E-state index is 12.4. The third-order valence-corrected chi connectivity index (χ3v) is 10.7. The summed E-state index contributed by atoms with van der Waals surface area (Å²) in [6.07, 6.45) is 7.09. The zero-order valence-corrected chi connectivity index (χ0v) is 35.5. The summed E-state index contributed by atoms with van der Waals surface area (Å²) in [7, 11) is -4.78. The van der Waals surface area contributed by atoms with Crippen molar-refractivity contribution in [2.24, 2.45) is 8.73 Å². The highest BCUT2D eigenvalue weighted by molar-refractivity contribution is 7.92. The summed E-state index contributed by atoms with van der Waals surface area (Å²) < 4.78 is 48.1. The first-order valence-electron chi connectivity index (χ1n) is 19.1. The van der Waals surface area contributed by atoms with E-state index in [2.05, 4.69) is 54.2 Å². The molecule has 0 bridgehead atoms. The Kier molecular flexibility index (Phi) is 13.3. The number of aliphatic hydroxyl groups is 1. The van der Waals surface area contributed by atoms with E-state index in [1.807, 2.05) is 59.2 Å². The number of morpholine rings is 2. The molecule has 2 aliphatic heterocycles. The fraction of sp³-hybridized carbons (Fsp3) is 0.450. The Morgan fingerprint density at radius 2 is 1.10 bits per heavy atom. The first-order chi connectivity index (χ1) is 27.7. The predicted molar refractivity (Wildman–Crippen MR) is 235 cm³/mol. The quantitative estimate of drug-likeness (QED) is 0.203. The summed E-state index contributed by atoms with van der Waals surface area (Å²) in [5.41, 5.74) is 3.35. The SMILES string of the molecule is C.CCc1nc2ccccc2n1-c1nc(N=S(C)(C)=O)cc(N2CCOC[C@H]2C)n1.C[C@@H]1COCCN1c1cc(N=S(C)(C)=O)nc(-n2c(CO)nc3ccccc32)n1. The first-order valence-corrected chi connectivity index (χ1v) is 23.7. The summed E-state index contributed by atoms with van der Waals surface area (Å²) >= 11 is 0. The number of imidazole rings is 2. The van der Waals surface area contributed by atoms with E-state index in [1.54, 1.807) is 35.7 Å². The van der Waals surface area contributed by atoms with Crippen LogP contribution < -0.4 is 9.80 Å². The smallest absolute Gasteiger partial charge is 0.239 e. The van der Waals surface area contributed by atoms with Gasteiger partial charge in [-0.1, -0.05) is 38.6 Å². The van der Waals surface area contributed by atoms with Gasteiger partial charge in [-0.2, -0.15) is 28.7 Å². The van der Waals surface area contributed by atoms with Crippen LogP contribution in [-0.2, 0) is 42.0 Å². The molecule has 2 fully saturated rings. The monoisotopic (exact) mass is 846 g/mol. The molecule has 2 atom stereocenters. The summed E-state index contributed by atoms with van der Waals surface area (Å²) in [4.78, 5) is 32.3. The zero-order valence-electron chi connectivity index (χ0n) is 33.8. The third kappa shape index (κ3) is 10.0. The number of aliphatic hydroxyl groups excluding tert-OH is 1. The number of aromatic nitrogens is 8. The summed E-state index contributed by atoms with van der Waals surface area (Å²) in [5, 5.41) is 9.86. The highest BCUT2D eigenvalue weighted by atomic mass is 32.2. The average molecular weight is 847 g/mol. The van der Waals surface area contributed by atoms with Gasteiger partial charge in [-0.3, -0.25) is 9.13 Å². The van der Waals surface area contributed by atoms with Crippen molar-refractivity contribution in [1.82, 2.24) is 39.0 Å². The highest BCUT2D eigenvalue weighted by Gasteiger charge is 2.25. The van der Waals surface area contributed by atoms with E-state index < -0.39 is 19.5 Å². The molecule has 0 saturated carbocycles. The van der Waals surface area contributed by atoms with Gasteiger partial charge < -0.3 is 24.4 Å². The van der Waals surface area contributed by atoms with Gasteiger partial charge in [-0.05, 0) is 38.1 Å². The van der Waals surface area contributed by atoms with Gasteiger partial charge in [0.25, 0.3) is 0 Å². The van der Waals surface area contributed by atoms with Crippen LogP contribution in [0.25, 0.3) is 34.0 Å². The number of benzene rings is 2. The molecule has 17 nitrogen and oxygen atoms in total. The van der Waals surface area contributed by atoms with Gasteiger partial charge >= 0.3 is 0 Å². The summed E-state index contributed by atoms with van der Waals surface area (Å²) in [6.45, 7) is 9.85. The Hall–Kier alpha value is -5.08. The van der Waals surface area contributed by atoms with E-state index in [9.17, 15) is 13.5 Å².